The Labute approximate surface area is 195 Å². The molecule has 0 saturated heterocycles. The molecule has 0 fully saturated rings. The Morgan fingerprint density at radius 1 is 1.06 bits per heavy atom. The van der Waals surface area contributed by atoms with Gasteiger partial charge in [-0.1, -0.05) is 0 Å². The van der Waals surface area contributed by atoms with Gasteiger partial charge < -0.3 is 25.2 Å². The molecule has 0 radical (unpaired) electrons. The number of carboxylic acid groups (broad SMARTS) is 1. The summed E-state index contributed by atoms with van der Waals surface area (Å²) in [6, 6.07) is 13.4. The lowest BCUT2D eigenvalue weighted by molar-refractivity contribution is -0.130. The highest BCUT2D eigenvalue weighted by molar-refractivity contribution is 6.09. The SMILES string of the molecule is COc1ccc(-n2nc(C(=O)O)c3c2C(=O)N(c2ccc(NC(=O)C(C)(C)O)cc2)CC3)cc1. The molecule has 4 rings (SSSR count). The van der Waals surface area contributed by atoms with Gasteiger partial charge in [0.15, 0.2) is 5.69 Å². The quantitative estimate of drug-likeness (QED) is 0.510. The maximum Gasteiger partial charge on any atom is 0.356 e. The minimum atomic E-state index is -1.53. The van der Waals surface area contributed by atoms with Crippen LogP contribution in [0.4, 0.5) is 11.4 Å². The summed E-state index contributed by atoms with van der Waals surface area (Å²) in [5.74, 6) is -1.52. The number of anilines is 2. The van der Waals surface area contributed by atoms with Crippen molar-refractivity contribution in [2.75, 3.05) is 23.9 Å². The second kappa shape index (κ2) is 8.64. The molecule has 0 atom stereocenters. The number of carbonyl (C=O) groups is 3. The molecule has 0 spiro atoms. The number of aromatic nitrogens is 2. The first-order valence-corrected chi connectivity index (χ1v) is 10.6. The number of hydrogen-bond acceptors (Lipinski definition) is 6. The van der Waals surface area contributed by atoms with Gasteiger partial charge in [0, 0.05) is 23.5 Å². The van der Waals surface area contributed by atoms with Gasteiger partial charge >= 0.3 is 5.97 Å². The van der Waals surface area contributed by atoms with Crippen LogP contribution in [0.15, 0.2) is 48.5 Å². The van der Waals surface area contributed by atoms with Crippen LogP contribution >= 0.6 is 0 Å². The first kappa shape index (κ1) is 23.0. The van der Waals surface area contributed by atoms with Crippen LogP contribution in [0.2, 0.25) is 0 Å². The van der Waals surface area contributed by atoms with Crippen molar-refractivity contribution in [3.63, 3.8) is 0 Å². The summed E-state index contributed by atoms with van der Waals surface area (Å²) in [5.41, 5.74) is 0.480. The second-order valence-electron chi connectivity index (χ2n) is 8.36. The molecule has 34 heavy (non-hydrogen) atoms. The molecule has 1 aliphatic rings. The van der Waals surface area contributed by atoms with E-state index in [2.05, 4.69) is 10.4 Å². The number of carboxylic acids is 1. The number of methoxy groups -OCH3 is 1. The molecule has 3 aromatic rings. The number of fused-ring (bicyclic) bond motifs is 1. The lowest BCUT2D eigenvalue weighted by atomic mass is 10.0. The van der Waals surface area contributed by atoms with E-state index in [0.29, 0.717) is 34.8 Å². The molecule has 0 unspecified atom stereocenters. The van der Waals surface area contributed by atoms with Gasteiger partial charge in [0.1, 0.15) is 17.0 Å². The van der Waals surface area contributed by atoms with Crippen molar-refractivity contribution in [1.82, 2.24) is 9.78 Å². The molecule has 176 valence electrons. The number of nitrogens with one attached hydrogen (secondary N) is 1. The van der Waals surface area contributed by atoms with Crippen LogP contribution in [0.1, 0.15) is 40.4 Å². The Morgan fingerprint density at radius 2 is 1.68 bits per heavy atom. The van der Waals surface area contributed by atoms with Crippen LogP contribution in [0.3, 0.4) is 0 Å². The van der Waals surface area contributed by atoms with Crippen LogP contribution in [-0.4, -0.2) is 57.0 Å². The maximum atomic E-state index is 13.5. The fraction of sp³-hybridized carbons (Fsp3) is 0.250. The Kier molecular flexibility index (Phi) is 5.84. The van der Waals surface area contributed by atoms with Gasteiger partial charge in [0.25, 0.3) is 11.8 Å². The first-order valence-electron chi connectivity index (χ1n) is 10.6. The van der Waals surface area contributed by atoms with Crippen LogP contribution < -0.4 is 15.0 Å². The van der Waals surface area contributed by atoms with E-state index < -0.39 is 17.5 Å². The molecule has 0 bridgehead atoms. The van der Waals surface area contributed by atoms with Crippen molar-refractivity contribution in [3.8, 4) is 11.4 Å². The highest BCUT2D eigenvalue weighted by atomic mass is 16.5. The van der Waals surface area contributed by atoms with Crippen molar-refractivity contribution in [2.24, 2.45) is 0 Å². The van der Waals surface area contributed by atoms with E-state index in [1.165, 1.54) is 30.5 Å². The van der Waals surface area contributed by atoms with Gasteiger partial charge in [-0.15, -0.1) is 0 Å². The minimum Gasteiger partial charge on any atom is -0.497 e. The summed E-state index contributed by atoms with van der Waals surface area (Å²) in [6.07, 6.45) is 0.316. The van der Waals surface area contributed by atoms with Crippen LogP contribution in [-0.2, 0) is 11.2 Å². The van der Waals surface area contributed by atoms with Crippen LogP contribution in [0, 0.1) is 0 Å². The monoisotopic (exact) mass is 464 g/mol. The third-order valence-corrected chi connectivity index (χ3v) is 5.53. The number of amides is 2. The molecule has 10 heteroatoms. The van der Waals surface area contributed by atoms with Gasteiger partial charge in [-0.25, -0.2) is 9.48 Å². The predicted octanol–water partition coefficient (Wildman–Crippen LogP) is 2.49. The zero-order valence-electron chi connectivity index (χ0n) is 18.9. The van der Waals surface area contributed by atoms with E-state index >= 15 is 0 Å². The van der Waals surface area contributed by atoms with Gasteiger partial charge in [-0.2, -0.15) is 5.10 Å². The summed E-state index contributed by atoms with van der Waals surface area (Å²) in [5, 5.41) is 26.3. The molecule has 0 aliphatic carbocycles. The number of carbonyl (C=O) groups excluding carboxylic acids is 2. The Hall–Kier alpha value is -4.18. The zero-order chi connectivity index (χ0) is 24.6. The Balaban J connectivity index is 1.67. The molecule has 10 nitrogen and oxygen atoms in total. The van der Waals surface area contributed by atoms with Gasteiger partial charge in [-0.05, 0) is 68.8 Å². The summed E-state index contributed by atoms with van der Waals surface area (Å²) in [6.45, 7) is 3.05. The van der Waals surface area contributed by atoms with E-state index in [1.807, 2.05) is 0 Å². The first-order chi connectivity index (χ1) is 16.1. The Morgan fingerprint density at radius 3 is 2.24 bits per heavy atom. The van der Waals surface area contributed by atoms with Crippen LogP contribution in [0.25, 0.3) is 5.69 Å². The lowest BCUT2D eigenvalue weighted by Gasteiger charge is -2.28. The number of nitrogens with zero attached hydrogens (tertiary/aromatic N) is 3. The van der Waals surface area contributed by atoms with E-state index in [-0.39, 0.29) is 23.8 Å². The average molecular weight is 464 g/mol. The van der Waals surface area contributed by atoms with Crippen molar-refractivity contribution < 1.29 is 29.3 Å². The maximum absolute atomic E-state index is 13.5. The number of rotatable bonds is 6. The van der Waals surface area contributed by atoms with Crippen molar-refractivity contribution in [1.29, 1.82) is 0 Å². The van der Waals surface area contributed by atoms with Gasteiger partial charge in [-0.3, -0.25) is 9.59 Å². The summed E-state index contributed by atoms with van der Waals surface area (Å²) < 4.78 is 6.52. The highest BCUT2D eigenvalue weighted by Crippen LogP contribution is 2.30. The highest BCUT2D eigenvalue weighted by Gasteiger charge is 2.35. The van der Waals surface area contributed by atoms with E-state index in [0.717, 1.165) is 0 Å². The predicted molar refractivity (Wildman–Crippen MR) is 124 cm³/mol. The molecular formula is C24H24N4O6. The number of aliphatic hydroxyl groups is 1. The van der Waals surface area contributed by atoms with Crippen molar-refractivity contribution >= 4 is 29.2 Å². The fourth-order valence-electron chi connectivity index (χ4n) is 3.70. The molecule has 1 aliphatic heterocycles. The standard InChI is InChI=1S/C24H24N4O6/c1-24(2,33)23(32)25-14-4-6-15(7-5-14)27-13-12-18-19(22(30)31)26-28(20(18)21(27)29)16-8-10-17(34-3)11-9-16/h4-11,33H,12-13H2,1-3H3,(H,25,32)(H,30,31). The number of benzene rings is 2. The molecule has 2 heterocycles. The van der Waals surface area contributed by atoms with Crippen molar-refractivity contribution in [2.45, 2.75) is 25.9 Å². The normalized spacial score (nSPS) is 13.4. The number of aromatic carboxylic acids is 1. The van der Waals surface area contributed by atoms with E-state index in [9.17, 15) is 24.6 Å². The van der Waals surface area contributed by atoms with Crippen molar-refractivity contribution in [3.05, 3.63) is 65.5 Å². The van der Waals surface area contributed by atoms with Gasteiger partial charge in [0.2, 0.25) is 0 Å². The number of hydrogen-bond donors (Lipinski definition) is 3. The molecule has 1 aromatic heterocycles. The van der Waals surface area contributed by atoms with E-state index in [4.69, 9.17) is 4.74 Å². The average Bonchev–Trinajstić information content (AvgIpc) is 3.20. The lowest BCUT2D eigenvalue weighted by Crippen LogP contribution is -2.39. The largest absolute Gasteiger partial charge is 0.497 e. The third kappa shape index (κ3) is 4.23. The fourth-order valence-corrected chi connectivity index (χ4v) is 3.70. The summed E-state index contributed by atoms with van der Waals surface area (Å²) >= 11 is 0. The molecule has 2 aromatic carbocycles. The van der Waals surface area contributed by atoms with Crippen LogP contribution in [0.5, 0.6) is 5.75 Å². The summed E-state index contributed by atoms with van der Waals surface area (Å²) in [7, 11) is 1.54. The van der Waals surface area contributed by atoms with Gasteiger partial charge in [0.05, 0.1) is 12.8 Å². The molecule has 0 saturated carbocycles. The topological polar surface area (TPSA) is 134 Å². The third-order valence-electron chi connectivity index (χ3n) is 5.53. The molecule has 2 amide bonds. The summed E-state index contributed by atoms with van der Waals surface area (Å²) in [4.78, 5) is 38.8. The minimum absolute atomic E-state index is 0.150. The number of ether oxygens (including phenoxy) is 1. The Bertz CT molecular complexity index is 1260. The van der Waals surface area contributed by atoms with E-state index in [1.54, 1.807) is 48.5 Å². The zero-order valence-corrected chi connectivity index (χ0v) is 18.9. The second-order valence-corrected chi connectivity index (χ2v) is 8.36. The molecule has 3 N–H and O–H groups in total. The smallest absolute Gasteiger partial charge is 0.356 e. The molecular weight excluding hydrogens is 440 g/mol.